The van der Waals surface area contributed by atoms with E-state index in [-0.39, 0.29) is 12.4 Å². The molecular formula is C27H35N3O5Si. The normalized spacial score (nSPS) is 11.8. The lowest BCUT2D eigenvalue weighted by Crippen LogP contribution is -2.46. The lowest BCUT2D eigenvalue weighted by Gasteiger charge is -2.28. The van der Waals surface area contributed by atoms with Crippen LogP contribution < -0.4 is 4.74 Å². The molecule has 192 valence electrons. The standard InChI is InChI=1S/C27H35N3O5Si/c1-4-33-36(34-5-2,35-6-3)20-12-19-30-21-24(28-29-30)22-32-27-16-11-10-15-25(27)26(31)18-17-23-13-8-7-9-14-23/h7-11,13-18,21H,4-6,12,19-20,22H2,1-3H3/b18-17+. The summed E-state index contributed by atoms with van der Waals surface area (Å²) in [5, 5.41) is 8.42. The lowest BCUT2D eigenvalue weighted by atomic mass is 10.1. The average Bonchev–Trinajstić information content (AvgIpc) is 3.35. The monoisotopic (exact) mass is 509 g/mol. The number of rotatable bonds is 16. The van der Waals surface area contributed by atoms with Gasteiger partial charge in [-0.2, -0.15) is 0 Å². The van der Waals surface area contributed by atoms with Gasteiger partial charge in [-0.25, -0.2) is 0 Å². The van der Waals surface area contributed by atoms with E-state index in [9.17, 15) is 4.79 Å². The van der Waals surface area contributed by atoms with Crippen LogP contribution in [0.25, 0.3) is 6.08 Å². The second kappa shape index (κ2) is 14.4. The highest BCUT2D eigenvalue weighted by molar-refractivity contribution is 6.60. The summed E-state index contributed by atoms with van der Waals surface area (Å²) >= 11 is 0. The number of carbonyl (C=O) groups excluding carboxylic acids is 1. The molecule has 1 heterocycles. The third kappa shape index (κ3) is 8.23. The molecule has 8 nitrogen and oxygen atoms in total. The van der Waals surface area contributed by atoms with Crippen LogP contribution in [0.4, 0.5) is 0 Å². The SMILES string of the molecule is CCO[Si](CCCn1cc(COc2ccccc2C(=O)/C=C/c2ccccc2)nn1)(OCC)OCC. The summed E-state index contributed by atoms with van der Waals surface area (Å²) in [7, 11) is -2.67. The quantitative estimate of drug-likeness (QED) is 0.149. The molecule has 0 aliphatic rings. The zero-order valence-corrected chi connectivity index (χ0v) is 22.3. The topological polar surface area (TPSA) is 84.7 Å². The van der Waals surface area contributed by atoms with Crippen LogP contribution in [-0.2, 0) is 26.4 Å². The number of carbonyl (C=O) groups is 1. The van der Waals surface area contributed by atoms with Gasteiger partial charge in [0, 0.05) is 32.4 Å². The number of ether oxygens (including phenoxy) is 1. The summed E-state index contributed by atoms with van der Waals surface area (Å²) in [5.41, 5.74) is 2.14. The summed E-state index contributed by atoms with van der Waals surface area (Å²) in [4.78, 5) is 12.8. The molecule has 0 bridgehead atoms. The van der Waals surface area contributed by atoms with Crippen LogP contribution in [-0.4, -0.2) is 49.4 Å². The predicted octanol–water partition coefficient (Wildman–Crippen LogP) is 5.19. The Morgan fingerprint density at radius 3 is 2.31 bits per heavy atom. The smallest absolute Gasteiger partial charge is 0.486 e. The zero-order chi connectivity index (χ0) is 25.6. The molecule has 0 atom stereocenters. The minimum absolute atomic E-state index is 0.122. The van der Waals surface area contributed by atoms with Gasteiger partial charge in [-0.1, -0.05) is 53.8 Å². The first-order valence-corrected chi connectivity index (χ1v) is 14.3. The van der Waals surface area contributed by atoms with Crippen molar-refractivity contribution < 1.29 is 22.8 Å². The van der Waals surface area contributed by atoms with Crippen molar-refractivity contribution in [2.45, 2.75) is 46.4 Å². The molecule has 0 radical (unpaired) electrons. The molecule has 9 heteroatoms. The Morgan fingerprint density at radius 2 is 1.61 bits per heavy atom. The van der Waals surface area contributed by atoms with Crippen molar-refractivity contribution in [1.29, 1.82) is 0 Å². The van der Waals surface area contributed by atoms with Gasteiger partial charge in [0.2, 0.25) is 0 Å². The predicted molar refractivity (Wildman–Crippen MR) is 141 cm³/mol. The Hall–Kier alpha value is -3.11. The van der Waals surface area contributed by atoms with Crippen LogP contribution in [0, 0.1) is 0 Å². The number of allylic oxidation sites excluding steroid dienone is 1. The summed E-state index contributed by atoms with van der Waals surface area (Å²) in [6.07, 6.45) is 6.00. The fourth-order valence-electron chi connectivity index (χ4n) is 3.75. The minimum atomic E-state index is -2.67. The zero-order valence-electron chi connectivity index (χ0n) is 21.3. The number of benzene rings is 2. The second-order valence-corrected chi connectivity index (χ2v) is 10.7. The maximum Gasteiger partial charge on any atom is 0.500 e. The maximum atomic E-state index is 12.8. The van der Waals surface area contributed by atoms with Crippen LogP contribution >= 0.6 is 0 Å². The van der Waals surface area contributed by atoms with Gasteiger partial charge in [-0.3, -0.25) is 9.48 Å². The lowest BCUT2D eigenvalue weighted by molar-refractivity contribution is 0.0704. The second-order valence-electron chi connectivity index (χ2n) is 7.95. The minimum Gasteiger partial charge on any atom is -0.486 e. The van der Waals surface area contributed by atoms with Crippen molar-refractivity contribution in [2.75, 3.05) is 19.8 Å². The van der Waals surface area contributed by atoms with Gasteiger partial charge in [0.25, 0.3) is 0 Å². The fourth-order valence-corrected chi connectivity index (χ4v) is 6.34. The Balaban J connectivity index is 1.56. The van der Waals surface area contributed by atoms with Crippen molar-refractivity contribution in [3.8, 4) is 5.75 Å². The van der Waals surface area contributed by atoms with Crippen molar-refractivity contribution in [1.82, 2.24) is 15.0 Å². The molecule has 0 amide bonds. The van der Waals surface area contributed by atoms with Crippen LogP contribution in [0.3, 0.4) is 0 Å². The Bertz CT molecular complexity index is 1090. The molecule has 3 aromatic rings. The van der Waals surface area contributed by atoms with E-state index in [1.165, 1.54) is 0 Å². The molecule has 0 saturated carbocycles. The van der Waals surface area contributed by atoms with E-state index < -0.39 is 8.80 Å². The Labute approximate surface area is 214 Å². The Morgan fingerprint density at radius 1 is 0.944 bits per heavy atom. The molecule has 0 N–H and O–H groups in total. The first kappa shape index (κ1) is 27.5. The van der Waals surface area contributed by atoms with Gasteiger partial charge in [-0.15, -0.1) is 5.10 Å². The molecule has 0 fully saturated rings. The van der Waals surface area contributed by atoms with Gasteiger partial charge in [0.15, 0.2) is 5.78 Å². The molecule has 0 saturated heterocycles. The van der Waals surface area contributed by atoms with Gasteiger partial charge in [0.1, 0.15) is 18.1 Å². The number of hydrogen-bond donors (Lipinski definition) is 0. The number of aromatic nitrogens is 3. The summed E-state index contributed by atoms with van der Waals surface area (Å²) in [6.45, 7) is 8.41. The van der Waals surface area contributed by atoms with E-state index in [0.29, 0.717) is 49.4 Å². The van der Waals surface area contributed by atoms with Gasteiger partial charge in [0.05, 0.1) is 11.8 Å². The molecule has 0 spiro atoms. The summed E-state index contributed by atoms with van der Waals surface area (Å²) in [5.74, 6) is 0.388. The van der Waals surface area contributed by atoms with Gasteiger partial charge in [-0.05, 0) is 51.0 Å². The first-order chi connectivity index (χ1) is 17.6. The fraction of sp³-hybridized carbons (Fsp3) is 0.370. The van der Waals surface area contributed by atoms with E-state index >= 15 is 0 Å². The largest absolute Gasteiger partial charge is 0.500 e. The van der Waals surface area contributed by atoms with Crippen molar-refractivity contribution in [3.05, 3.63) is 83.7 Å². The molecule has 3 rings (SSSR count). The molecular weight excluding hydrogens is 474 g/mol. The van der Waals surface area contributed by atoms with Crippen LogP contribution in [0.15, 0.2) is 66.9 Å². The summed E-state index contributed by atoms with van der Waals surface area (Å²) < 4.78 is 25.5. The van der Waals surface area contributed by atoms with Gasteiger partial charge < -0.3 is 18.0 Å². The molecule has 2 aromatic carbocycles. The van der Waals surface area contributed by atoms with E-state index in [2.05, 4.69) is 10.3 Å². The van der Waals surface area contributed by atoms with E-state index in [1.54, 1.807) is 29.0 Å². The molecule has 0 unspecified atom stereocenters. The van der Waals surface area contributed by atoms with E-state index in [4.69, 9.17) is 18.0 Å². The number of ketones is 1. The van der Waals surface area contributed by atoms with E-state index in [1.807, 2.05) is 69.4 Å². The van der Waals surface area contributed by atoms with Gasteiger partial charge >= 0.3 is 8.80 Å². The highest BCUT2D eigenvalue weighted by Gasteiger charge is 2.39. The van der Waals surface area contributed by atoms with Crippen molar-refractivity contribution in [2.24, 2.45) is 0 Å². The first-order valence-electron chi connectivity index (χ1n) is 12.4. The average molecular weight is 510 g/mol. The third-order valence-corrected chi connectivity index (χ3v) is 8.46. The Kier molecular flexibility index (Phi) is 11.0. The van der Waals surface area contributed by atoms with Crippen LogP contribution in [0.2, 0.25) is 6.04 Å². The number of aryl methyl sites for hydroxylation is 1. The third-order valence-electron chi connectivity index (χ3n) is 5.30. The van der Waals surface area contributed by atoms with E-state index in [0.717, 1.165) is 12.0 Å². The highest BCUT2D eigenvalue weighted by Crippen LogP contribution is 2.21. The molecule has 1 aromatic heterocycles. The molecule has 0 aliphatic heterocycles. The maximum absolute atomic E-state index is 12.8. The van der Waals surface area contributed by atoms with Crippen LogP contribution in [0.1, 0.15) is 48.8 Å². The summed E-state index contributed by atoms with van der Waals surface area (Å²) in [6, 6.07) is 17.6. The highest BCUT2D eigenvalue weighted by atomic mass is 28.4. The number of para-hydroxylation sites is 1. The van der Waals surface area contributed by atoms with Crippen molar-refractivity contribution >= 4 is 20.7 Å². The van der Waals surface area contributed by atoms with Crippen LogP contribution in [0.5, 0.6) is 5.75 Å². The number of nitrogens with zero attached hydrogens (tertiary/aromatic N) is 3. The molecule has 0 aliphatic carbocycles. The van der Waals surface area contributed by atoms with Crippen molar-refractivity contribution in [3.63, 3.8) is 0 Å². The number of hydrogen-bond acceptors (Lipinski definition) is 7. The molecule has 36 heavy (non-hydrogen) atoms.